The summed E-state index contributed by atoms with van der Waals surface area (Å²) in [5.41, 5.74) is 6.08. The first-order valence-corrected chi connectivity index (χ1v) is 13.0. The molecule has 2 aliphatic heterocycles. The van der Waals surface area contributed by atoms with Gasteiger partial charge < -0.3 is 9.64 Å². The minimum absolute atomic E-state index is 0.00932. The highest BCUT2D eigenvalue weighted by Crippen LogP contribution is 2.45. The van der Waals surface area contributed by atoms with Gasteiger partial charge in [0, 0.05) is 36.3 Å². The summed E-state index contributed by atoms with van der Waals surface area (Å²) in [6, 6.07) is 18.7. The third-order valence-corrected chi connectivity index (χ3v) is 8.41. The third-order valence-electron chi connectivity index (χ3n) is 8.41. The first-order chi connectivity index (χ1) is 18.6. The van der Waals surface area contributed by atoms with E-state index in [1.165, 1.54) is 39.2 Å². The van der Waals surface area contributed by atoms with Crippen molar-refractivity contribution >= 4 is 17.5 Å². The number of rotatable bonds is 4. The molecule has 2 aromatic carbocycles. The van der Waals surface area contributed by atoms with Crippen LogP contribution in [0.25, 0.3) is 16.8 Å². The van der Waals surface area contributed by atoms with Crippen LogP contribution in [0.4, 0.5) is 4.79 Å². The summed E-state index contributed by atoms with van der Waals surface area (Å²) >= 11 is 0. The molecular weight excluding hydrogens is 478 g/mol. The number of Topliss-reactive ketones (excluding diaryl/α,β-unsaturated/α-hetero) is 1. The Kier molecular flexibility index (Phi) is 5.25. The second-order valence-electron chi connectivity index (χ2n) is 10.4. The van der Waals surface area contributed by atoms with Crippen LogP contribution in [0.15, 0.2) is 67.1 Å². The lowest BCUT2D eigenvalue weighted by Gasteiger charge is -2.37. The van der Waals surface area contributed by atoms with Crippen LogP contribution >= 0.6 is 0 Å². The van der Waals surface area contributed by atoms with E-state index < -0.39 is 0 Å². The van der Waals surface area contributed by atoms with E-state index in [4.69, 9.17) is 4.74 Å². The Hall–Kier alpha value is -4.51. The predicted octanol–water partition coefficient (Wildman–Crippen LogP) is 4.98. The number of hydrogen-bond acceptors (Lipinski definition) is 6. The van der Waals surface area contributed by atoms with Crippen molar-refractivity contribution in [1.82, 2.24) is 19.5 Å². The summed E-state index contributed by atoms with van der Waals surface area (Å²) in [6.45, 7) is 0.297. The summed E-state index contributed by atoms with van der Waals surface area (Å²) in [6.07, 6.45) is 7.31. The van der Waals surface area contributed by atoms with E-state index >= 15 is 0 Å². The second-order valence-corrected chi connectivity index (χ2v) is 10.4. The number of hydrogen-bond donors (Lipinski definition) is 0. The predicted molar refractivity (Wildman–Crippen MR) is 138 cm³/mol. The number of piperidine rings is 1. The van der Waals surface area contributed by atoms with Crippen LogP contribution < -0.4 is 0 Å². The Morgan fingerprint density at radius 2 is 1.63 bits per heavy atom. The molecule has 1 amide bonds. The zero-order valence-corrected chi connectivity index (χ0v) is 20.7. The molecule has 2 atom stereocenters. The van der Waals surface area contributed by atoms with Gasteiger partial charge in [-0.1, -0.05) is 48.5 Å². The number of ether oxygens (including phenoxy) is 1. The monoisotopic (exact) mass is 503 g/mol. The van der Waals surface area contributed by atoms with Gasteiger partial charge in [0.2, 0.25) is 0 Å². The molecular formula is C30H25N5O3. The van der Waals surface area contributed by atoms with Crippen molar-refractivity contribution in [2.24, 2.45) is 5.92 Å². The molecule has 2 fully saturated rings. The van der Waals surface area contributed by atoms with Gasteiger partial charge in [-0.25, -0.2) is 14.3 Å². The van der Waals surface area contributed by atoms with E-state index in [1.54, 1.807) is 6.20 Å². The molecule has 8 heteroatoms. The smallest absolute Gasteiger partial charge is 0.410 e. The SMILES string of the molecule is N#Cc1cnn2cc(C(=O)C3CC4CCC(C3)N4C(=O)OCC3c4ccccc4-c4ccccc43)cnc12. The van der Waals surface area contributed by atoms with Gasteiger partial charge in [-0.05, 0) is 47.9 Å². The minimum Gasteiger partial charge on any atom is -0.448 e. The fourth-order valence-corrected chi connectivity index (χ4v) is 6.67. The van der Waals surface area contributed by atoms with E-state index in [1.807, 2.05) is 29.2 Å². The molecule has 0 N–H and O–H groups in total. The van der Waals surface area contributed by atoms with Crippen molar-refractivity contribution in [2.75, 3.05) is 6.61 Å². The Bertz CT molecular complexity index is 1580. The van der Waals surface area contributed by atoms with Gasteiger partial charge in [-0.3, -0.25) is 4.79 Å². The molecule has 2 aromatic heterocycles. The number of benzene rings is 2. The van der Waals surface area contributed by atoms with E-state index in [2.05, 4.69) is 40.4 Å². The van der Waals surface area contributed by atoms with Crippen LogP contribution in [0.3, 0.4) is 0 Å². The van der Waals surface area contributed by atoms with Crippen molar-refractivity contribution in [2.45, 2.75) is 43.7 Å². The molecule has 0 spiro atoms. The first kappa shape index (κ1) is 22.7. The van der Waals surface area contributed by atoms with Gasteiger partial charge in [0.1, 0.15) is 18.2 Å². The summed E-state index contributed by atoms with van der Waals surface area (Å²) in [7, 11) is 0. The first-order valence-electron chi connectivity index (χ1n) is 13.0. The van der Waals surface area contributed by atoms with Gasteiger partial charge >= 0.3 is 6.09 Å². The van der Waals surface area contributed by atoms with Gasteiger partial charge in [0.25, 0.3) is 0 Å². The molecule has 8 nitrogen and oxygen atoms in total. The van der Waals surface area contributed by atoms with Gasteiger partial charge in [0.15, 0.2) is 11.4 Å². The molecule has 38 heavy (non-hydrogen) atoms. The summed E-state index contributed by atoms with van der Waals surface area (Å²) < 4.78 is 7.43. The number of carbonyl (C=O) groups excluding carboxylic acids is 2. The number of nitrogens with zero attached hydrogens (tertiary/aromatic N) is 5. The van der Waals surface area contributed by atoms with Crippen LogP contribution in [0.2, 0.25) is 0 Å². The van der Waals surface area contributed by atoms with E-state index in [9.17, 15) is 14.9 Å². The third kappa shape index (κ3) is 3.50. The van der Waals surface area contributed by atoms with Crippen molar-refractivity contribution in [3.8, 4) is 17.2 Å². The lowest BCUT2D eigenvalue weighted by atomic mass is 9.85. The molecule has 4 aromatic rings. The highest BCUT2D eigenvalue weighted by Gasteiger charge is 2.46. The molecule has 2 bridgehead atoms. The Morgan fingerprint density at radius 1 is 0.974 bits per heavy atom. The molecule has 2 unspecified atom stereocenters. The van der Waals surface area contributed by atoms with Crippen LogP contribution in [0, 0.1) is 17.2 Å². The summed E-state index contributed by atoms with van der Waals surface area (Å²) in [4.78, 5) is 32.9. The van der Waals surface area contributed by atoms with Crippen LogP contribution in [0.1, 0.15) is 58.6 Å². The second kappa shape index (κ2) is 8.80. The van der Waals surface area contributed by atoms with E-state index in [0.29, 0.717) is 36.2 Å². The normalized spacial score (nSPS) is 21.7. The van der Waals surface area contributed by atoms with E-state index in [0.717, 1.165) is 12.8 Å². The van der Waals surface area contributed by atoms with Crippen molar-refractivity contribution in [3.63, 3.8) is 0 Å². The lowest BCUT2D eigenvalue weighted by Crippen LogP contribution is -2.48. The number of aromatic nitrogens is 3. The summed E-state index contributed by atoms with van der Waals surface area (Å²) in [5.74, 6) is -0.151. The Labute approximate surface area is 219 Å². The van der Waals surface area contributed by atoms with Gasteiger partial charge in [-0.15, -0.1) is 0 Å². The lowest BCUT2D eigenvalue weighted by molar-refractivity contribution is 0.0505. The number of amides is 1. The Balaban J connectivity index is 1.04. The highest BCUT2D eigenvalue weighted by atomic mass is 16.6. The molecule has 2 saturated heterocycles. The fraction of sp³-hybridized carbons (Fsp3) is 0.300. The zero-order chi connectivity index (χ0) is 25.8. The number of nitriles is 1. The molecule has 188 valence electrons. The standard InChI is InChI=1S/C30H25N5O3/c31-13-19-15-33-34-16-20(14-32-29(19)34)28(36)18-11-21-9-10-22(12-18)35(21)30(37)38-17-27-25-7-3-1-5-23(25)24-6-2-4-8-26(24)27/h1-8,14-16,18,21-22,27H,9-12,17H2. The van der Waals surface area contributed by atoms with Crippen molar-refractivity contribution in [3.05, 3.63) is 89.4 Å². The van der Waals surface area contributed by atoms with Crippen LogP contribution in [-0.2, 0) is 4.74 Å². The van der Waals surface area contributed by atoms with Crippen LogP contribution in [0.5, 0.6) is 0 Å². The summed E-state index contributed by atoms with van der Waals surface area (Å²) in [5, 5.41) is 13.3. The fourth-order valence-electron chi connectivity index (χ4n) is 6.67. The quantitative estimate of drug-likeness (QED) is 0.364. The van der Waals surface area contributed by atoms with Gasteiger partial charge in [0.05, 0.1) is 11.8 Å². The maximum absolute atomic E-state index is 13.4. The number of ketones is 1. The molecule has 0 saturated carbocycles. The zero-order valence-electron chi connectivity index (χ0n) is 20.7. The molecule has 1 aliphatic carbocycles. The number of carbonyl (C=O) groups is 2. The molecule has 3 aliphatic rings. The topological polar surface area (TPSA) is 101 Å². The van der Waals surface area contributed by atoms with Crippen LogP contribution in [-0.4, -0.2) is 50.1 Å². The van der Waals surface area contributed by atoms with E-state index in [-0.39, 0.29) is 35.8 Å². The molecule has 4 heterocycles. The average molecular weight is 504 g/mol. The highest BCUT2D eigenvalue weighted by molar-refractivity contribution is 5.97. The van der Waals surface area contributed by atoms with Crippen molar-refractivity contribution in [1.29, 1.82) is 5.26 Å². The van der Waals surface area contributed by atoms with Crippen molar-refractivity contribution < 1.29 is 14.3 Å². The largest absolute Gasteiger partial charge is 0.448 e. The average Bonchev–Trinajstić information content (AvgIpc) is 3.60. The minimum atomic E-state index is -0.283. The molecule has 0 radical (unpaired) electrons. The van der Waals surface area contributed by atoms with Gasteiger partial charge in [-0.2, -0.15) is 10.4 Å². The Morgan fingerprint density at radius 3 is 2.29 bits per heavy atom. The molecule has 7 rings (SSSR count). The maximum atomic E-state index is 13.4. The maximum Gasteiger partial charge on any atom is 0.410 e. The number of fused-ring (bicyclic) bond motifs is 6.